The fourth-order valence-corrected chi connectivity index (χ4v) is 10.1. The Morgan fingerprint density at radius 1 is 0.322 bits per heavy atom. The molecule has 0 aromatic heterocycles. The predicted molar refractivity (Wildman–Crippen MR) is 267 cm³/mol. The summed E-state index contributed by atoms with van der Waals surface area (Å²) in [6, 6.07) is 21.5. The molecule has 1 aliphatic rings. The summed E-state index contributed by atoms with van der Waals surface area (Å²) in [7, 11) is 0. The SMILES string of the molecule is CCCCCCCCCCCCC1(CCCCCCCCCCCC)c2cc(C)ccc2-c2ccc(C)cc21.CCCCCCCCCCCCc1cc(C)ccc1C. The minimum absolute atomic E-state index is 0.225. The first kappa shape index (κ1) is 51.0. The van der Waals surface area contributed by atoms with E-state index < -0.39 is 0 Å². The lowest BCUT2D eigenvalue weighted by Crippen LogP contribution is -2.25. The minimum atomic E-state index is 0.225. The van der Waals surface area contributed by atoms with Crippen LogP contribution in [0.5, 0.6) is 0 Å². The summed E-state index contributed by atoms with van der Waals surface area (Å²) in [5.74, 6) is 0. The molecule has 4 rings (SSSR count). The second kappa shape index (κ2) is 31.5. The molecule has 0 aliphatic heterocycles. The number of rotatable bonds is 33. The Bertz CT molecular complexity index is 1410. The largest absolute Gasteiger partial charge is 0.0654 e. The van der Waals surface area contributed by atoms with Crippen molar-refractivity contribution >= 4 is 0 Å². The molecule has 0 spiro atoms. The smallest absolute Gasteiger partial charge is 0.0215 e. The van der Waals surface area contributed by atoms with Crippen LogP contribution in [-0.4, -0.2) is 0 Å². The van der Waals surface area contributed by atoms with Crippen LogP contribution in [0.4, 0.5) is 0 Å². The van der Waals surface area contributed by atoms with E-state index in [0.29, 0.717) is 0 Å². The van der Waals surface area contributed by atoms with Crippen molar-refractivity contribution in [2.24, 2.45) is 0 Å². The zero-order valence-corrected chi connectivity index (χ0v) is 40.5. The topological polar surface area (TPSA) is 0 Å². The lowest BCUT2D eigenvalue weighted by molar-refractivity contribution is 0.396. The number of aryl methyl sites for hydroxylation is 5. The number of benzene rings is 3. The van der Waals surface area contributed by atoms with Crippen molar-refractivity contribution in [2.45, 2.75) is 266 Å². The molecule has 59 heavy (non-hydrogen) atoms. The lowest BCUT2D eigenvalue weighted by atomic mass is 9.70. The van der Waals surface area contributed by atoms with Gasteiger partial charge in [-0.3, -0.25) is 0 Å². The summed E-state index contributed by atoms with van der Waals surface area (Å²) in [5, 5.41) is 0. The molecule has 0 saturated carbocycles. The predicted octanol–water partition coefficient (Wildman–Crippen LogP) is 20.0. The van der Waals surface area contributed by atoms with Crippen LogP contribution in [0.25, 0.3) is 11.1 Å². The summed E-state index contributed by atoms with van der Waals surface area (Å²) in [5.41, 5.74) is 13.8. The lowest BCUT2D eigenvalue weighted by Gasteiger charge is -2.33. The van der Waals surface area contributed by atoms with Gasteiger partial charge in [-0.15, -0.1) is 0 Å². The van der Waals surface area contributed by atoms with Gasteiger partial charge < -0.3 is 0 Å². The fourth-order valence-electron chi connectivity index (χ4n) is 10.1. The highest BCUT2D eigenvalue weighted by molar-refractivity contribution is 5.81. The van der Waals surface area contributed by atoms with Crippen molar-refractivity contribution in [1.82, 2.24) is 0 Å². The van der Waals surface area contributed by atoms with Crippen molar-refractivity contribution < 1.29 is 0 Å². The van der Waals surface area contributed by atoms with Crippen molar-refractivity contribution in [3.63, 3.8) is 0 Å². The first-order valence-corrected chi connectivity index (χ1v) is 26.1. The highest BCUT2D eigenvalue weighted by Gasteiger charge is 2.42. The van der Waals surface area contributed by atoms with Crippen LogP contribution in [-0.2, 0) is 11.8 Å². The van der Waals surface area contributed by atoms with E-state index in [-0.39, 0.29) is 5.41 Å². The normalized spacial score (nSPS) is 12.7. The molecule has 0 bridgehead atoms. The van der Waals surface area contributed by atoms with Gasteiger partial charge >= 0.3 is 0 Å². The molecule has 0 nitrogen and oxygen atoms in total. The van der Waals surface area contributed by atoms with Gasteiger partial charge in [-0.2, -0.15) is 0 Å². The molecular weight excluding hydrogens is 709 g/mol. The van der Waals surface area contributed by atoms with E-state index in [1.807, 2.05) is 0 Å². The molecule has 0 saturated heterocycles. The summed E-state index contributed by atoms with van der Waals surface area (Å²) < 4.78 is 0. The summed E-state index contributed by atoms with van der Waals surface area (Å²) >= 11 is 0. The highest BCUT2D eigenvalue weighted by Crippen LogP contribution is 2.54. The van der Waals surface area contributed by atoms with Crippen LogP contribution in [0.1, 0.15) is 265 Å². The maximum atomic E-state index is 2.55. The molecule has 0 N–H and O–H groups in total. The monoisotopic (exact) mass is 805 g/mol. The zero-order chi connectivity index (χ0) is 42.4. The van der Waals surface area contributed by atoms with Gasteiger partial charge in [0.25, 0.3) is 0 Å². The second-order valence-electron chi connectivity index (χ2n) is 19.4. The Balaban J connectivity index is 0.000000391. The van der Waals surface area contributed by atoms with E-state index in [4.69, 9.17) is 0 Å². The van der Waals surface area contributed by atoms with Crippen LogP contribution in [0.3, 0.4) is 0 Å². The van der Waals surface area contributed by atoms with Crippen molar-refractivity contribution in [1.29, 1.82) is 0 Å². The molecule has 0 radical (unpaired) electrons. The Labute approximate surface area is 369 Å². The molecule has 0 fully saturated rings. The molecule has 1 aliphatic carbocycles. The highest BCUT2D eigenvalue weighted by atomic mass is 14.4. The summed E-state index contributed by atoms with van der Waals surface area (Å²) in [6.45, 7) is 15.9. The van der Waals surface area contributed by atoms with Crippen molar-refractivity contribution in [3.8, 4) is 11.1 Å². The second-order valence-corrected chi connectivity index (χ2v) is 19.4. The van der Waals surface area contributed by atoms with E-state index >= 15 is 0 Å². The molecular formula is C59H96. The first-order chi connectivity index (χ1) is 28.9. The van der Waals surface area contributed by atoms with Crippen LogP contribution in [0, 0.1) is 27.7 Å². The molecule has 332 valence electrons. The zero-order valence-electron chi connectivity index (χ0n) is 40.5. The molecule has 0 amide bonds. The van der Waals surface area contributed by atoms with Gasteiger partial charge in [0.1, 0.15) is 0 Å². The van der Waals surface area contributed by atoms with E-state index in [2.05, 4.69) is 103 Å². The maximum absolute atomic E-state index is 2.55. The Morgan fingerprint density at radius 3 is 1.00 bits per heavy atom. The molecule has 0 heteroatoms. The third-order valence-electron chi connectivity index (χ3n) is 13.9. The van der Waals surface area contributed by atoms with Crippen molar-refractivity contribution in [2.75, 3.05) is 0 Å². The van der Waals surface area contributed by atoms with E-state index in [1.54, 1.807) is 16.7 Å². The Kier molecular flexibility index (Phi) is 27.2. The summed E-state index contributed by atoms with van der Waals surface area (Å²) in [4.78, 5) is 0. The van der Waals surface area contributed by atoms with Gasteiger partial charge in [-0.25, -0.2) is 0 Å². The van der Waals surface area contributed by atoms with Crippen LogP contribution < -0.4 is 0 Å². The van der Waals surface area contributed by atoms with E-state index in [9.17, 15) is 0 Å². The van der Waals surface area contributed by atoms with Gasteiger partial charge in [0.15, 0.2) is 0 Å². The van der Waals surface area contributed by atoms with Crippen LogP contribution in [0.15, 0.2) is 54.6 Å². The average molecular weight is 805 g/mol. The Morgan fingerprint density at radius 2 is 0.627 bits per heavy atom. The van der Waals surface area contributed by atoms with Crippen molar-refractivity contribution in [3.05, 3.63) is 93.5 Å². The molecule has 0 heterocycles. The number of hydrogen-bond donors (Lipinski definition) is 0. The minimum Gasteiger partial charge on any atom is -0.0654 e. The van der Waals surface area contributed by atoms with E-state index in [1.165, 1.54) is 245 Å². The quantitative estimate of drug-likeness (QED) is 0.0538. The van der Waals surface area contributed by atoms with Gasteiger partial charge in [0.05, 0.1) is 0 Å². The molecule has 0 unspecified atom stereocenters. The maximum Gasteiger partial charge on any atom is 0.0215 e. The fraction of sp³-hybridized carbons (Fsp3) is 0.695. The first-order valence-electron chi connectivity index (χ1n) is 26.1. The molecule has 0 atom stereocenters. The third kappa shape index (κ3) is 19.5. The third-order valence-corrected chi connectivity index (χ3v) is 13.9. The summed E-state index contributed by atoms with van der Waals surface area (Å²) in [6.07, 6.45) is 46.5. The molecule has 3 aromatic rings. The van der Waals surface area contributed by atoms with Gasteiger partial charge in [0, 0.05) is 5.41 Å². The number of hydrogen-bond acceptors (Lipinski definition) is 0. The van der Waals surface area contributed by atoms with E-state index in [0.717, 1.165) is 0 Å². The Hall–Kier alpha value is -2.34. The van der Waals surface area contributed by atoms with Crippen LogP contribution >= 0.6 is 0 Å². The number of fused-ring (bicyclic) bond motifs is 3. The van der Waals surface area contributed by atoms with Crippen LogP contribution in [0.2, 0.25) is 0 Å². The number of unbranched alkanes of at least 4 members (excludes halogenated alkanes) is 27. The standard InChI is InChI=1S/C39H62.C20H34/c1-5-7-9-11-13-15-17-19-21-23-29-39(30-24-22-20-18-16-14-12-10-8-6-2)37-31-33(3)25-27-35(37)36-28-26-34(4)32-38(36)39;1-4-5-6-7-8-9-10-11-12-13-14-20-17-18(2)15-16-19(20)3/h25-28,31-32H,5-24,29-30H2,1-4H3;15-17H,4-14H2,1-3H3. The van der Waals surface area contributed by atoms with Gasteiger partial charge in [-0.1, -0.05) is 278 Å². The average Bonchev–Trinajstić information content (AvgIpc) is 3.48. The molecule has 3 aromatic carbocycles. The van der Waals surface area contributed by atoms with Gasteiger partial charge in [0.2, 0.25) is 0 Å². The van der Waals surface area contributed by atoms with Gasteiger partial charge in [-0.05, 0) is 86.8 Å².